The van der Waals surface area contributed by atoms with Crippen LogP contribution in [-0.2, 0) is 13.5 Å². The average Bonchev–Trinajstić information content (AvgIpc) is 2.89. The van der Waals surface area contributed by atoms with Gasteiger partial charge in [-0.1, -0.05) is 18.2 Å². The first-order chi connectivity index (χ1) is 10.3. The van der Waals surface area contributed by atoms with Crippen molar-refractivity contribution in [2.45, 2.75) is 19.3 Å². The van der Waals surface area contributed by atoms with E-state index in [1.54, 1.807) is 7.11 Å². The fraction of sp³-hybridized carbons (Fsp3) is 0.471. The Hall–Kier alpha value is -1.81. The van der Waals surface area contributed by atoms with Crippen LogP contribution in [0.3, 0.4) is 0 Å². The molecular formula is C17H23N3O. The third kappa shape index (κ3) is 2.95. The quantitative estimate of drug-likeness (QED) is 0.938. The maximum Gasteiger partial charge on any atom is 0.126 e. The van der Waals surface area contributed by atoms with Gasteiger partial charge in [-0.05, 0) is 44.3 Å². The molecule has 0 unspecified atom stereocenters. The van der Waals surface area contributed by atoms with Crippen molar-refractivity contribution in [3.05, 3.63) is 36.2 Å². The van der Waals surface area contributed by atoms with Gasteiger partial charge in [-0.3, -0.25) is 4.68 Å². The van der Waals surface area contributed by atoms with Gasteiger partial charge in [0, 0.05) is 23.9 Å². The topological polar surface area (TPSA) is 39.1 Å². The summed E-state index contributed by atoms with van der Waals surface area (Å²) in [4.78, 5) is 0. The van der Waals surface area contributed by atoms with Crippen LogP contribution < -0.4 is 10.1 Å². The summed E-state index contributed by atoms with van der Waals surface area (Å²) in [5.74, 6) is 1.66. The van der Waals surface area contributed by atoms with Crippen molar-refractivity contribution in [2.24, 2.45) is 13.0 Å². The Kier molecular flexibility index (Phi) is 4.25. The first-order valence-electron chi connectivity index (χ1n) is 7.64. The van der Waals surface area contributed by atoms with E-state index in [4.69, 9.17) is 4.74 Å². The number of aromatic nitrogens is 2. The number of nitrogens with one attached hydrogen (secondary N) is 1. The summed E-state index contributed by atoms with van der Waals surface area (Å²) in [5.41, 5.74) is 3.65. The van der Waals surface area contributed by atoms with E-state index in [1.165, 1.54) is 24.1 Å². The summed E-state index contributed by atoms with van der Waals surface area (Å²) >= 11 is 0. The summed E-state index contributed by atoms with van der Waals surface area (Å²) in [5, 5.41) is 7.91. The number of hydrogen-bond donors (Lipinski definition) is 1. The second-order valence-corrected chi connectivity index (χ2v) is 5.73. The smallest absolute Gasteiger partial charge is 0.126 e. The van der Waals surface area contributed by atoms with Crippen molar-refractivity contribution in [2.75, 3.05) is 20.2 Å². The highest BCUT2D eigenvalue weighted by atomic mass is 16.5. The molecule has 0 radical (unpaired) electrons. The van der Waals surface area contributed by atoms with Crippen LogP contribution in [0.1, 0.15) is 18.5 Å². The lowest BCUT2D eigenvalue weighted by Gasteiger charge is -2.23. The van der Waals surface area contributed by atoms with Crippen molar-refractivity contribution in [1.82, 2.24) is 15.1 Å². The van der Waals surface area contributed by atoms with E-state index in [0.717, 1.165) is 36.7 Å². The maximum absolute atomic E-state index is 5.51. The van der Waals surface area contributed by atoms with E-state index < -0.39 is 0 Å². The Morgan fingerprint density at radius 1 is 1.24 bits per heavy atom. The summed E-state index contributed by atoms with van der Waals surface area (Å²) in [6.45, 7) is 2.26. The fourth-order valence-corrected chi connectivity index (χ4v) is 3.16. The molecule has 1 N–H and O–H groups in total. The van der Waals surface area contributed by atoms with Crippen molar-refractivity contribution in [1.29, 1.82) is 0 Å². The molecule has 3 rings (SSSR count). The highest BCUT2D eigenvalue weighted by molar-refractivity contribution is 5.72. The van der Waals surface area contributed by atoms with Crippen LogP contribution in [0.4, 0.5) is 0 Å². The lowest BCUT2D eigenvalue weighted by atomic mass is 9.90. The second-order valence-electron chi connectivity index (χ2n) is 5.73. The molecule has 2 heterocycles. The van der Waals surface area contributed by atoms with Crippen LogP contribution >= 0.6 is 0 Å². The predicted molar refractivity (Wildman–Crippen MR) is 84.5 cm³/mol. The largest absolute Gasteiger partial charge is 0.496 e. The molecule has 0 amide bonds. The molecule has 112 valence electrons. The number of nitrogens with zero attached hydrogens (tertiary/aromatic N) is 2. The summed E-state index contributed by atoms with van der Waals surface area (Å²) in [6.07, 6.45) is 5.55. The molecular weight excluding hydrogens is 262 g/mol. The van der Waals surface area contributed by atoms with E-state index in [1.807, 2.05) is 30.1 Å². The summed E-state index contributed by atoms with van der Waals surface area (Å²) in [7, 11) is 3.76. The number of aryl methyl sites for hydroxylation is 1. The Balaban J connectivity index is 1.92. The van der Waals surface area contributed by atoms with Crippen LogP contribution in [0.2, 0.25) is 0 Å². The number of benzene rings is 1. The molecule has 2 aromatic rings. The summed E-state index contributed by atoms with van der Waals surface area (Å²) in [6, 6.07) is 8.18. The van der Waals surface area contributed by atoms with Gasteiger partial charge in [0.05, 0.1) is 13.3 Å². The molecule has 0 spiro atoms. The van der Waals surface area contributed by atoms with E-state index in [2.05, 4.69) is 22.5 Å². The molecule has 1 saturated heterocycles. The molecule has 21 heavy (non-hydrogen) atoms. The fourth-order valence-electron chi connectivity index (χ4n) is 3.16. The van der Waals surface area contributed by atoms with Gasteiger partial charge in [0.2, 0.25) is 0 Å². The minimum atomic E-state index is 0.745. The Morgan fingerprint density at radius 3 is 2.76 bits per heavy atom. The van der Waals surface area contributed by atoms with E-state index in [0.29, 0.717) is 0 Å². The van der Waals surface area contributed by atoms with Gasteiger partial charge in [-0.2, -0.15) is 5.10 Å². The Labute approximate surface area is 126 Å². The molecule has 1 aliphatic rings. The maximum atomic E-state index is 5.51. The average molecular weight is 285 g/mol. The monoisotopic (exact) mass is 285 g/mol. The molecule has 1 aromatic carbocycles. The lowest BCUT2D eigenvalue weighted by Crippen LogP contribution is -2.29. The van der Waals surface area contributed by atoms with Gasteiger partial charge in [-0.15, -0.1) is 0 Å². The molecule has 0 saturated carbocycles. The van der Waals surface area contributed by atoms with Gasteiger partial charge in [0.15, 0.2) is 0 Å². The third-order valence-electron chi connectivity index (χ3n) is 4.40. The highest BCUT2D eigenvalue weighted by Gasteiger charge is 2.20. The number of para-hydroxylation sites is 1. The van der Waals surface area contributed by atoms with Crippen molar-refractivity contribution < 1.29 is 4.74 Å². The van der Waals surface area contributed by atoms with Crippen LogP contribution in [0.15, 0.2) is 30.5 Å². The molecule has 0 atom stereocenters. The third-order valence-corrected chi connectivity index (χ3v) is 4.40. The van der Waals surface area contributed by atoms with E-state index in [-0.39, 0.29) is 0 Å². The zero-order chi connectivity index (χ0) is 14.7. The van der Waals surface area contributed by atoms with Gasteiger partial charge in [-0.25, -0.2) is 0 Å². The molecule has 0 bridgehead atoms. The van der Waals surface area contributed by atoms with Crippen molar-refractivity contribution >= 4 is 0 Å². The number of piperidine rings is 1. The molecule has 1 fully saturated rings. The highest BCUT2D eigenvalue weighted by Crippen LogP contribution is 2.33. The van der Waals surface area contributed by atoms with Gasteiger partial charge in [0.25, 0.3) is 0 Å². The lowest BCUT2D eigenvalue weighted by molar-refractivity contribution is 0.366. The molecule has 4 nitrogen and oxygen atoms in total. The van der Waals surface area contributed by atoms with Crippen molar-refractivity contribution in [3.63, 3.8) is 0 Å². The Morgan fingerprint density at radius 2 is 2.00 bits per heavy atom. The molecule has 1 aromatic heterocycles. The Bertz CT molecular complexity index is 600. The molecule has 0 aliphatic carbocycles. The number of rotatable bonds is 4. The predicted octanol–water partition coefficient (Wildman–Crippen LogP) is 2.64. The second kappa shape index (κ2) is 6.31. The summed E-state index contributed by atoms with van der Waals surface area (Å²) < 4.78 is 7.52. The minimum absolute atomic E-state index is 0.745. The number of hydrogen-bond acceptors (Lipinski definition) is 3. The molecule has 4 heteroatoms. The first kappa shape index (κ1) is 14.1. The number of methoxy groups -OCH3 is 1. The zero-order valence-electron chi connectivity index (χ0n) is 12.8. The first-order valence-corrected chi connectivity index (χ1v) is 7.64. The zero-order valence-corrected chi connectivity index (χ0v) is 12.8. The SMILES string of the molecule is COc1ccccc1-c1cnn(C)c1CC1CCNCC1. The van der Waals surface area contributed by atoms with Gasteiger partial charge < -0.3 is 10.1 Å². The molecule has 1 aliphatic heterocycles. The normalized spacial score (nSPS) is 16.1. The van der Waals surface area contributed by atoms with Crippen LogP contribution in [0, 0.1) is 5.92 Å². The van der Waals surface area contributed by atoms with Gasteiger partial charge in [0.1, 0.15) is 5.75 Å². The van der Waals surface area contributed by atoms with E-state index >= 15 is 0 Å². The minimum Gasteiger partial charge on any atom is -0.496 e. The van der Waals surface area contributed by atoms with Gasteiger partial charge >= 0.3 is 0 Å². The van der Waals surface area contributed by atoms with E-state index in [9.17, 15) is 0 Å². The van der Waals surface area contributed by atoms with Crippen molar-refractivity contribution in [3.8, 4) is 16.9 Å². The van der Waals surface area contributed by atoms with Crippen LogP contribution in [-0.4, -0.2) is 30.0 Å². The standard InChI is InChI=1S/C17H23N3O/c1-20-16(11-13-7-9-18-10-8-13)15(12-19-20)14-5-3-4-6-17(14)21-2/h3-6,12-13,18H,7-11H2,1-2H3. The van der Waals surface area contributed by atoms with Crippen LogP contribution in [0.5, 0.6) is 5.75 Å². The van der Waals surface area contributed by atoms with Crippen LogP contribution in [0.25, 0.3) is 11.1 Å². The number of ether oxygens (including phenoxy) is 1.